The molecule has 0 saturated heterocycles. The zero-order chi connectivity index (χ0) is 19.5. The molecule has 0 aliphatic carbocycles. The van der Waals surface area contributed by atoms with Crippen LogP contribution in [-0.4, -0.2) is 31.6 Å². The molecular weight excluding hydrogens is 392 g/mol. The summed E-state index contributed by atoms with van der Waals surface area (Å²) in [5.41, 5.74) is 3.61. The lowest BCUT2D eigenvalue weighted by Crippen LogP contribution is -2.32. The number of carbonyl (C=O) groups is 2. The van der Waals surface area contributed by atoms with Gasteiger partial charge in [0.05, 0.1) is 13.2 Å². The van der Waals surface area contributed by atoms with Gasteiger partial charge >= 0.3 is 5.97 Å². The van der Waals surface area contributed by atoms with Gasteiger partial charge in [-0.25, -0.2) is 4.79 Å². The number of rotatable bonds is 6. The number of ether oxygens (including phenoxy) is 1. The van der Waals surface area contributed by atoms with Crippen LogP contribution in [0, 0.1) is 0 Å². The van der Waals surface area contributed by atoms with E-state index in [4.69, 9.17) is 4.74 Å². The number of fused-ring (bicyclic) bond motifs is 1. The lowest BCUT2D eigenvalue weighted by molar-refractivity contribution is -0.114. The fourth-order valence-corrected chi connectivity index (χ4v) is 5.17. The largest absolute Gasteiger partial charge is 0.462 e. The Morgan fingerprint density at radius 3 is 2.82 bits per heavy atom. The van der Waals surface area contributed by atoms with Crippen LogP contribution < -0.4 is 10.2 Å². The van der Waals surface area contributed by atoms with Crippen molar-refractivity contribution in [1.82, 2.24) is 0 Å². The van der Waals surface area contributed by atoms with Crippen molar-refractivity contribution in [1.29, 1.82) is 0 Å². The van der Waals surface area contributed by atoms with E-state index in [-0.39, 0.29) is 19.1 Å². The fourth-order valence-electron chi connectivity index (χ4n) is 3.38. The van der Waals surface area contributed by atoms with E-state index < -0.39 is 5.97 Å². The molecule has 0 fully saturated rings. The number of amides is 1. The molecule has 0 radical (unpaired) electrons. The summed E-state index contributed by atoms with van der Waals surface area (Å²) in [6, 6.07) is 12.0. The Hall–Kier alpha value is -2.64. The third kappa shape index (κ3) is 3.68. The second-order valence-corrected chi connectivity index (χ2v) is 8.23. The SMILES string of the molecule is CCOC(=O)c1c(-c2cccs2)csc1NC(=O)CN1CCc2ccccc21. The molecular formula is C21H20N2O3S2. The van der Waals surface area contributed by atoms with E-state index in [1.165, 1.54) is 16.9 Å². The molecule has 2 aromatic heterocycles. The van der Waals surface area contributed by atoms with Crippen LogP contribution in [0.3, 0.4) is 0 Å². The van der Waals surface area contributed by atoms with Gasteiger partial charge in [0.25, 0.3) is 0 Å². The van der Waals surface area contributed by atoms with E-state index in [9.17, 15) is 9.59 Å². The van der Waals surface area contributed by atoms with Crippen LogP contribution in [0.4, 0.5) is 10.7 Å². The summed E-state index contributed by atoms with van der Waals surface area (Å²) in [6.07, 6.45) is 0.944. The molecule has 144 valence electrons. The number of hydrogen-bond acceptors (Lipinski definition) is 6. The number of thiophene rings is 2. The van der Waals surface area contributed by atoms with Crippen LogP contribution >= 0.6 is 22.7 Å². The van der Waals surface area contributed by atoms with Gasteiger partial charge in [0.1, 0.15) is 10.6 Å². The molecule has 1 N–H and O–H groups in total. The van der Waals surface area contributed by atoms with Gasteiger partial charge in [0.2, 0.25) is 5.91 Å². The third-order valence-electron chi connectivity index (χ3n) is 4.63. The summed E-state index contributed by atoms with van der Waals surface area (Å²) in [6.45, 7) is 3.14. The van der Waals surface area contributed by atoms with E-state index in [1.54, 1.807) is 18.3 Å². The Bertz CT molecular complexity index is 995. The maximum atomic E-state index is 12.7. The molecule has 1 aliphatic rings. The van der Waals surface area contributed by atoms with Gasteiger partial charge in [-0.1, -0.05) is 24.3 Å². The van der Waals surface area contributed by atoms with Crippen LogP contribution in [0.15, 0.2) is 47.2 Å². The second kappa shape index (κ2) is 8.16. The van der Waals surface area contributed by atoms with Gasteiger partial charge in [-0.2, -0.15) is 0 Å². The van der Waals surface area contributed by atoms with Crippen molar-refractivity contribution in [2.45, 2.75) is 13.3 Å². The lowest BCUT2D eigenvalue weighted by atomic mass is 10.1. The molecule has 3 heterocycles. The van der Waals surface area contributed by atoms with Gasteiger partial charge in [0, 0.05) is 28.1 Å². The summed E-state index contributed by atoms with van der Waals surface area (Å²) >= 11 is 2.91. The minimum absolute atomic E-state index is 0.137. The molecule has 0 bridgehead atoms. The van der Waals surface area contributed by atoms with Crippen molar-refractivity contribution >= 4 is 45.2 Å². The third-order valence-corrected chi connectivity index (χ3v) is 6.43. The van der Waals surface area contributed by atoms with E-state index in [0.29, 0.717) is 10.6 Å². The Morgan fingerprint density at radius 2 is 2.04 bits per heavy atom. The number of esters is 1. The Balaban J connectivity index is 1.54. The van der Waals surface area contributed by atoms with E-state index in [1.807, 2.05) is 41.1 Å². The highest BCUT2D eigenvalue weighted by molar-refractivity contribution is 7.17. The molecule has 0 unspecified atom stereocenters. The Kier molecular flexibility index (Phi) is 5.45. The average Bonchev–Trinajstić information content (AvgIpc) is 3.42. The highest BCUT2D eigenvalue weighted by Crippen LogP contribution is 2.38. The lowest BCUT2D eigenvalue weighted by Gasteiger charge is -2.18. The summed E-state index contributed by atoms with van der Waals surface area (Å²) in [4.78, 5) is 28.3. The zero-order valence-corrected chi connectivity index (χ0v) is 17.1. The van der Waals surface area contributed by atoms with Gasteiger partial charge in [-0.05, 0) is 36.4 Å². The summed E-state index contributed by atoms with van der Waals surface area (Å²) in [5, 5.41) is 7.34. The zero-order valence-electron chi connectivity index (χ0n) is 15.4. The van der Waals surface area contributed by atoms with Gasteiger partial charge in [-0.15, -0.1) is 22.7 Å². The number of hydrogen-bond donors (Lipinski definition) is 1. The number of carbonyl (C=O) groups excluding carboxylic acids is 2. The second-order valence-electron chi connectivity index (χ2n) is 6.40. The number of nitrogens with zero attached hydrogens (tertiary/aromatic N) is 1. The molecule has 5 nitrogen and oxygen atoms in total. The Labute approximate surface area is 171 Å². The number of nitrogens with one attached hydrogen (secondary N) is 1. The van der Waals surface area contributed by atoms with Crippen LogP contribution in [-0.2, 0) is 16.0 Å². The van der Waals surface area contributed by atoms with Gasteiger partial charge < -0.3 is 15.0 Å². The highest BCUT2D eigenvalue weighted by atomic mass is 32.1. The normalized spacial score (nSPS) is 12.7. The van der Waals surface area contributed by atoms with Gasteiger partial charge in [-0.3, -0.25) is 4.79 Å². The first-order chi connectivity index (χ1) is 13.7. The maximum Gasteiger partial charge on any atom is 0.341 e. The molecule has 1 aromatic carbocycles. The predicted molar refractivity (Wildman–Crippen MR) is 115 cm³/mol. The topological polar surface area (TPSA) is 58.6 Å². The minimum Gasteiger partial charge on any atom is -0.462 e. The van der Waals surface area contributed by atoms with Crippen molar-refractivity contribution in [3.8, 4) is 10.4 Å². The molecule has 3 aromatic rings. The van der Waals surface area contributed by atoms with Crippen LogP contribution in [0.1, 0.15) is 22.8 Å². The first-order valence-electron chi connectivity index (χ1n) is 9.12. The van der Waals surface area contributed by atoms with Crippen molar-refractivity contribution < 1.29 is 14.3 Å². The van der Waals surface area contributed by atoms with Crippen LogP contribution in [0.25, 0.3) is 10.4 Å². The molecule has 0 atom stereocenters. The summed E-state index contributed by atoms with van der Waals surface area (Å²) < 4.78 is 5.24. The van der Waals surface area contributed by atoms with Crippen LogP contribution in [0.5, 0.6) is 0 Å². The van der Waals surface area contributed by atoms with Crippen molar-refractivity contribution in [2.75, 3.05) is 29.9 Å². The minimum atomic E-state index is -0.408. The maximum absolute atomic E-state index is 12.7. The molecule has 0 saturated carbocycles. The molecule has 1 aliphatic heterocycles. The van der Waals surface area contributed by atoms with Crippen molar-refractivity contribution in [3.63, 3.8) is 0 Å². The van der Waals surface area contributed by atoms with E-state index in [2.05, 4.69) is 16.3 Å². The predicted octanol–water partition coefficient (Wildman–Crippen LogP) is 4.65. The number of para-hydroxylation sites is 1. The van der Waals surface area contributed by atoms with Crippen molar-refractivity contribution in [2.24, 2.45) is 0 Å². The van der Waals surface area contributed by atoms with Crippen LogP contribution in [0.2, 0.25) is 0 Å². The standard InChI is InChI=1S/C21H20N2O3S2/c1-2-26-21(25)19-15(17-8-5-11-27-17)13-28-20(19)22-18(24)12-23-10-9-14-6-3-4-7-16(14)23/h3-8,11,13H,2,9-10,12H2,1H3,(H,22,24). The average molecular weight is 413 g/mol. The molecule has 1 amide bonds. The molecule has 4 rings (SSSR count). The summed E-state index contributed by atoms with van der Waals surface area (Å²) in [7, 11) is 0. The fraction of sp³-hybridized carbons (Fsp3) is 0.238. The van der Waals surface area contributed by atoms with Crippen molar-refractivity contribution in [3.05, 3.63) is 58.3 Å². The van der Waals surface area contributed by atoms with E-state index in [0.717, 1.165) is 29.1 Å². The number of anilines is 2. The summed E-state index contributed by atoms with van der Waals surface area (Å²) in [5.74, 6) is -0.546. The molecule has 0 spiro atoms. The monoisotopic (exact) mass is 412 g/mol. The first kappa shape index (κ1) is 18.7. The Morgan fingerprint density at radius 1 is 1.18 bits per heavy atom. The number of benzene rings is 1. The highest BCUT2D eigenvalue weighted by Gasteiger charge is 2.25. The molecule has 28 heavy (non-hydrogen) atoms. The smallest absolute Gasteiger partial charge is 0.341 e. The first-order valence-corrected chi connectivity index (χ1v) is 10.9. The van der Waals surface area contributed by atoms with Gasteiger partial charge in [0.15, 0.2) is 0 Å². The van der Waals surface area contributed by atoms with E-state index >= 15 is 0 Å². The molecule has 7 heteroatoms. The quantitative estimate of drug-likeness (QED) is 0.599.